The molecule has 0 radical (unpaired) electrons. The van der Waals surface area contributed by atoms with Crippen LogP contribution in [0.25, 0.3) is 0 Å². The van der Waals surface area contributed by atoms with Crippen molar-refractivity contribution in [3.05, 3.63) is 17.2 Å². The van der Waals surface area contributed by atoms with Crippen molar-refractivity contribution in [1.82, 2.24) is 14.5 Å². The van der Waals surface area contributed by atoms with Gasteiger partial charge in [0.05, 0.1) is 10.7 Å². The third-order valence-corrected chi connectivity index (χ3v) is 7.88. The van der Waals surface area contributed by atoms with Crippen LogP contribution in [0, 0.1) is 5.92 Å². The molecule has 3 amide bonds. The zero-order valence-electron chi connectivity index (χ0n) is 16.9. The molecule has 0 aromatic heterocycles. The maximum Gasteiger partial charge on any atom is 0.262 e. The number of fused-ring (bicyclic) bond motifs is 1. The Hall–Kier alpha value is -2.37. The molecule has 1 atom stereocenters. The van der Waals surface area contributed by atoms with Crippen LogP contribution in [0.15, 0.2) is 17.0 Å². The number of benzene rings is 1. The van der Waals surface area contributed by atoms with Gasteiger partial charge in [-0.3, -0.25) is 14.4 Å². The van der Waals surface area contributed by atoms with Gasteiger partial charge >= 0.3 is 0 Å². The van der Waals surface area contributed by atoms with Crippen molar-refractivity contribution in [2.24, 2.45) is 5.92 Å². The van der Waals surface area contributed by atoms with Crippen LogP contribution in [-0.4, -0.2) is 74.2 Å². The Morgan fingerprint density at radius 3 is 2.55 bits per heavy atom. The predicted molar refractivity (Wildman–Crippen MR) is 111 cm³/mol. The molecule has 1 aromatic carbocycles. The van der Waals surface area contributed by atoms with Crippen molar-refractivity contribution in [2.75, 3.05) is 38.1 Å². The van der Waals surface area contributed by atoms with Crippen LogP contribution < -0.4 is 15.4 Å². The number of halogens is 1. The fourth-order valence-corrected chi connectivity index (χ4v) is 5.52. The Labute approximate surface area is 184 Å². The van der Waals surface area contributed by atoms with E-state index in [9.17, 15) is 22.8 Å². The molecule has 1 saturated heterocycles. The molecule has 31 heavy (non-hydrogen) atoms. The summed E-state index contributed by atoms with van der Waals surface area (Å²) in [4.78, 5) is 37.4. The summed E-state index contributed by atoms with van der Waals surface area (Å²) in [6.45, 7) is 2.04. The number of rotatable bonds is 5. The van der Waals surface area contributed by atoms with Gasteiger partial charge in [0.2, 0.25) is 21.8 Å². The summed E-state index contributed by atoms with van der Waals surface area (Å²) in [5, 5.41) is 5.28. The van der Waals surface area contributed by atoms with E-state index >= 15 is 0 Å². The number of amides is 3. The second-order valence-corrected chi connectivity index (χ2v) is 10.2. The predicted octanol–water partition coefficient (Wildman–Crippen LogP) is 0.419. The summed E-state index contributed by atoms with van der Waals surface area (Å²) in [6, 6.07) is 2.00. The second kappa shape index (κ2) is 8.29. The fourth-order valence-electron chi connectivity index (χ4n) is 3.58. The molecule has 1 saturated carbocycles. The summed E-state index contributed by atoms with van der Waals surface area (Å²) in [5.41, 5.74) is 0.317. The van der Waals surface area contributed by atoms with E-state index in [1.54, 1.807) is 11.8 Å². The van der Waals surface area contributed by atoms with Crippen molar-refractivity contribution in [2.45, 2.75) is 30.7 Å². The number of nitrogens with zero attached hydrogens (tertiary/aromatic N) is 2. The van der Waals surface area contributed by atoms with E-state index in [-0.39, 0.29) is 72.1 Å². The lowest BCUT2D eigenvalue weighted by Gasteiger charge is -2.35. The van der Waals surface area contributed by atoms with E-state index in [4.69, 9.17) is 16.3 Å². The maximum absolute atomic E-state index is 13.1. The first-order chi connectivity index (χ1) is 14.7. The Morgan fingerprint density at radius 2 is 1.90 bits per heavy atom. The monoisotopic (exact) mass is 470 g/mol. The number of nitrogens with one attached hydrogen (secondary N) is 2. The first kappa shape index (κ1) is 21.8. The Morgan fingerprint density at radius 1 is 1.23 bits per heavy atom. The van der Waals surface area contributed by atoms with Gasteiger partial charge < -0.3 is 20.3 Å². The molecule has 4 rings (SSSR count). The summed E-state index contributed by atoms with van der Waals surface area (Å²) in [6.07, 6.45) is 1.71. The first-order valence-electron chi connectivity index (χ1n) is 10.0. The van der Waals surface area contributed by atoms with E-state index < -0.39 is 16.1 Å². The lowest BCUT2D eigenvalue weighted by atomic mass is 10.2. The van der Waals surface area contributed by atoms with Crippen LogP contribution in [0.3, 0.4) is 0 Å². The van der Waals surface area contributed by atoms with Gasteiger partial charge in [0.25, 0.3) is 5.91 Å². The molecule has 10 nitrogen and oxygen atoms in total. The number of piperazine rings is 1. The zero-order valence-corrected chi connectivity index (χ0v) is 18.5. The van der Waals surface area contributed by atoms with Gasteiger partial charge in [0, 0.05) is 38.2 Å². The quantitative estimate of drug-likeness (QED) is 0.642. The number of sulfonamides is 1. The highest BCUT2D eigenvalue weighted by Gasteiger charge is 2.35. The number of hydrogen-bond acceptors (Lipinski definition) is 6. The van der Waals surface area contributed by atoms with Crippen LogP contribution in [0.5, 0.6) is 5.75 Å². The van der Waals surface area contributed by atoms with E-state index in [1.165, 1.54) is 16.4 Å². The lowest BCUT2D eigenvalue weighted by Crippen LogP contribution is -2.55. The molecule has 12 heteroatoms. The normalized spacial score (nSPS) is 20.3. The highest BCUT2D eigenvalue weighted by atomic mass is 35.5. The second-order valence-electron chi connectivity index (χ2n) is 7.85. The molecule has 2 aliphatic heterocycles. The Kier molecular flexibility index (Phi) is 5.84. The van der Waals surface area contributed by atoms with Crippen LogP contribution >= 0.6 is 11.6 Å². The number of ether oxygens (including phenoxy) is 1. The smallest absolute Gasteiger partial charge is 0.262 e. The lowest BCUT2D eigenvalue weighted by molar-refractivity contribution is -0.137. The summed E-state index contributed by atoms with van der Waals surface area (Å²) in [5.74, 6) is -0.445. The van der Waals surface area contributed by atoms with Gasteiger partial charge in [0.15, 0.2) is 6.61 Å². The average molecular weight is 471 g/mol. The number of anilines is 1. The van der Waals surface area contributed by atoms with Crippen molar-refractivity contribution in [1.29, 1.82) is 0 Å². The Balaban J connectivity index is 1.41. The minimum Gasteiger partial charge on any atom is -0.482 e. The molecule has 0 bridgehead atoms. The van der Waals surface area contributed by atoms with E-state index in [0.717, 1.165) is 12.8 Å². The van der Waals surface area contributed by atoms with Crippen LogP contribution in [0.1, 0.15) is 19.8 Å². The maximum atomic E-state index is 13.1. The molecule has 2 heterocycles. The van der Waals surface area contributed by atoms with Crippen molar-refractivity contribution >= 4 is 45.0 Å². The molecule has 3 aliphatic rings. The third-order valence-electron chi connectivity index (χ3n) is 5.51. The van der Waals surface area contributed by atoms with Gasteiger partial charge in [-0.1, -0.05) is 11.6 Å². The van der Waals surface area contributed by atoms with Gasteiger partial charge in [-0.15, -0.1) is 0 Å². The minimum atomic E-state index is -3.93. The van der Waals surface area contributed by atoms with Crippen LogP contribution in [0.4, 0.5) is 5.69 Å². The van der Waals surface area contributed by atoms with Gasteiger partial charge in [-0.05, 0) is 25.8 Å². The molecule has 0 unspecified atom stereocenters. The number of carbonyl (C=O) groups is 3. The molecule has 1 aliphatic carbocycles. The topological polar surface area (TPSA) is 125 Å². The molecule has 168 valence electrons. The SMILES string of the molecule is C[C@@H](NC(=O)C1CC1)C(=O)N1CCN(S(=O)(=O)c2cc3c(cc2Cl)NC(=O)CO3)CC1. The standard InChI is InChI=1S/C19H23ClN4O6S/c1-11(21-18(26)12-2-3-12)19(27)23-4-6-24(7-5-23)31(28,29)16-9-15-14(8-13(16)20)22-17(25)10-30-15/h8-9,11-12H,2-7,10H2,1H3,(H,21,26)(H,22,25)/t11-/m1/s1. The van der Waals surface area contributed by atoms with E-state index in [0.29, 0.717) is 5.69 Å². The average Bonchev–Trinajstić information content (AvgIpc) is 3.58. The van der Waals surface area contributed by atoms with Gasteiger partial charge in [0.1, 0.15) is 16.7 Å². The van der Waals surface area contributed by atoms with E-state index in [2.05, 4.69) is 10.6 Å². The largest absolute Gasteiger partial charge is 0.482 e. The summed E-state index contributed by atoms with van der Waals surface area (Å²) < 4.78 is 32.8. The molecule has 0 spiro atoms. The molecule has 2 N–H and O–H groups in total. The molecular formula is C19H23ClN4O6S. The van der Waals surface area contributed by atoms with Crippen LogP contribution in [0.2, 0.25) is 5.02 Å². The minimum absolute atomic E-state index is 0.0101. The molecule has 2 fully saturated rings. The molecular weight excluding hydrogens is 448 g/mol. The highest BCUT2D eigenvalue weighted by Crippen LogP contribution is 2.37. The summed E-state index contributed by atoms with van der Waals surface area (Å²) in [7, 11) is -3.93. The highest BCUT2D eigenvalue weighted by molar-refractivity contribution is 7.89. The third kappa shape index (κ3) is 4.48. The van der Waals surface area contributed by atoms with E-state index in [1.807, 2.05) is 0 Å². The number of hydrogen-bond donors (Lipinski definition) is 2. The van der Waals surface area contributed by atoms with Gasteiger partial charge in [-0.25, -0.2) is 8.42 Å². The first-order valence-corrected chi connectivity index (χ1v) is 11.8. The zero-order chi connectivity index (χ0) is 22.3. The summed E-state index contributed by atoms with van der Waals surface area (Å²) >= 11 is 6.19. The fraction of sp³-hybridized carbons (Fsp3) is 0.526. The van der Waals surface area contributed by atoms with Crippen LogP contribution in [-0.2, 0) is 24.4 Å². The Bertz CT molecular complexity index is 1030. The molecule has 1 aromatic rings. The number of carbonyl (C=O) groups excluding carboxylic acids is 3. The van der Waals surface area contributed by atoms with Gasteiger partial charge in [-0.2, -0.15) is 4.31 Å². The van der Waals surface area contributed by atoms with Crippen molar-refractivity contribution in [3.8, 4) is 5.75 Å². The van der Waals surface area contributed by atoms with Crippen molar-refractivity contribution < 1.29 is 27.5 Å². The van der Waals surface area contributed by atoms with Crippen molar-refractivity contribution in [3.63, 3.8) is 0 Å².